The van der Waals surface area contributed by atoms with Gasteiger partial charge in [0.15, 0.2) is 0 Å². The number of fused-ring (bicyclic) bond motifs is 1. The summed E-state index contributed by atoms with van der Waals surface area (Å²) in [4.78, 5) is 13.3. The molecule has 0 aliphatic carbocycles. The van der Waals surface area contributed by atoms with E-state index in [1.54, 1.807) is 35.7 Å². The van der Waals surface area contributed by atoms with Crippen molar-refractivity contribution in [1.82, 2.24) is 0 Å². The van der Waals surface area contributed by atoms with Crippen molar-refractivity contribution in [2.75, 3.05) is 5.32 Å². The lowest BCUT2D eigenvalue weighted by molar-refractivity contribution is -0.116. The van der Waals surface area contributed by atoms with Gasteiger partial charge in [-0.15, -0.1) is 11.3 Å². The molecule has 1 atom stereocenters. The Labute approximate surface area is 160 Å². The van der Waals surface area contributed by atoms with Gasteiger partial charge in [0.2, 0.25) is 15.7 Å². The summed E-state index contributed by atoms with van der Waals surface area (Å²) < 4.78 is 39.9. The summed E-state index contributed by atoms with van der Waals surface area (Å²) in [6, 6.07) is 12.7. The van der Waals surface area contributed by atoms with E-state index in [2.05, 4.69) is 5.32 Å². The van der Waals surface area contributed by atoms with Crippen LogP contribution in [0.5, 0.6) is 0 Å². The summed E-state index contributed by atoms with van der Waals surface area (Å²) in [5.74, 6) is -1.03. The molecule has 1 N–H and O–H groups in total. The summed E-state index contributed by atoms with van der Waals surface area (Å²) in [6.45, 7) is 1.82. The molecule has 1 amide bonds. The molecular formula is C20H16FNO3S2. The first-order valence-corrected chi connectivity index (χ1v) is 10.7. The van der Waals surface area contributed by atoms with Crippen LogP contribution in [0.1, 0.15) is 28.3 Å². The van der Waals surface area contributed by atoms with Crippen molar-refractivity contribution in [3.63, 3.8) is 0 Å². The van der Waals surface area contributed by atoms with Gasteiger partial charge < -0.3 is 5.32 Å². The van der Waals surface area contributed by atoms with Gasteiger partial charge in [-0.1, -0.05) is 24.3 Å². The van der Waals surface area contributed by atoms with Crippen LogP contribution in [0.25, 0.3) is 0 Å². The molecule has 1 aliphatic rings. The van der Waals surface area contributed by atoms with Crippen LogP contribution in [-0.4, -0.2) is 14.3 Å². The summed E-state index contributed by atoms with van der Waals surface area (Å²) in [5, 5.41) is 4.27. The molecule has 4 rings (SSSR count). The third-order valence-electron chi connectivity index (χ3n) is 4.60. The van der Waals surface area contributed by atoms with Gasteiger partial charge in [-0.3, -0.25) is 4.79 Å². The summed E-state index contributed by atoms with van der Waals surface area (Å²) in [7, 11) is -3.78. The van der Waals surface area contributed by atoms with E-state index in [9.17, 15) is 17.6 Å². The Kier molecular flexibility index (Phi) is 4.36. The zero-order chi connectivity index (χ0) is 19.2. The van der Waals surface area contributed by atoms with E-state index in [1.165, 1.54) is 23.5 Å². The molecule has 7 heteroatoms. The van der Waals surface area contributed by atoms with Crippen molar-refractivity contribution in [1.29, 1.82) is 0 Å². The first kappa shape index (κ1) is 17.9. The van der Waals surface area contributed by atoms with Gasteiger partial charge >= 0.3 is 0 Å². The monoisotopic (exact) mass is 401 g/mol. The van der Waals surface area contributed by atoms with E-state index in [0.717, 1.165) is 10.4 Å². The fourth-order valence-electron chi connectivity index (χ4n) is 3.30. The molecule has 2 aromatic carbocycles. The van der Waals surface area contributed by atoms with Crippen LogP contribution in [0, 0.1) is 12.7 Å². The van der Waals surface area contributed by atoms with E-state index < -0.39 is 9.84 Å². The van der Waals surface area contributed by atoms with Crippen molar-refractivity contribution < 1.29 is 17.6 Å². The topological polar surface area (TPSA) is 63.2 Å². The zero-order valence-corrected chi connectivity index (χ0v) is 16.0. The van der Waals surface area contributed by atoms with Gasteiger partial charge in [0.05, 0.1) is 10.6 Å². The van der Waals surface area contributed by atoms with Crippen LogP contribution in [0.15, 0.2) is 63.7 Å². The molecule has 0 fully saturated rings. The second kappa shape index (κ2) is 6.58. The van der Waals surface area contributed by atoms with Crippen LogP contribution >= 0.6 is 11.3 Å². The second-order valence-electron chi connectivity index (χ2n) is 6.52. The number of rotatable bonds is 3. The van der Waals surface area contributed by atoms with Crippen molar-refractivity contribution in [2.24, 2.45) is 0 Å². The fourth-order valence-corrected chi connectivity index (χ4v) is 6.32. The first-order valence-electron chi connectivity index (χ1n) is 8.35. The lowest BCUT2D eigenvalue weighted by atomic mass is 9.91. The summed E-state index contributed by atoms with van der Waals surface area (Å²) in [6.07, 6.45) is 0.154. The van der Waals surface area contributed by atoms with E-state index >= 15 is 0 Å². The third-order valence-corrected chi connectivity index (χ3v) is 7.62. The number of halogens is 1. The Morgan fingerprint density at radius 3 is 2.67 bits per heavy atom. The number of carbonyl (C=O) groups excluding carboxylic acids is 1. The van der Waals surface area contributed by atoms with Crippen LogP contribution < -0.4 is 5.32 Å². The standard InChI is InChI=1S/C20H16FNO3S2/c1-12-4-2-7-15(8-12)27(24,25)17-11-26-20-16(10-18(23)22-19(17)20)13-5-3-6-14(21)9-13/h2-9,11,16H,10H2,1H3,(H,22,23)/t16-/m1/s1. The Morgan fingerprint density at radius 2 is 1.93 bits per heavy atom. The highest BCUT2D eigenvalue weighted by molar-refractivity contribution is 7.91. The largest absolute Gasteiger partial charge is 0.324 e. The summed E-state index contributed by atoms with van der Waals surface area (Å²) in [5.41, 5.74) is 1.81. The zero-order valence-electron chi connectivity index (χ0n) is 14.4. The van der Waals surface area contributed by atoms with Gasteiger partial charge in [-0.25, -0.2) is 12.8 Å². The normalized spacial score (nSPS) is 16.7. The van der Waals surface area contributed by atoms with Crippen LogP contribution in [0.2, 0.25) is 0 Å². The maximum absolute atomic E-state index is 13.7. The van der Waals surface area contributed by atoms with Crippen molar-refractivity contribution in [2.45, 2.75) is 29.1 Å². The molecule has 0 unspecified atom stereocenters. The minimum absolute atomic E-state index is 0.0857. The van der Waals surface area contributed by atoms with E-state index in [-0.39, 0.29) is 33.9 Å². The fraction of sp³-hybridized carbons (Fsp3) is 0.150. The van der Waals surface area contributed by atoms with E-state index in [0.29, 0.717) is 11.3 Å². The molecule has 1 aromatic heterocycles. The van der Waals surface area contributed by atoms with Gasteiger partial charge in [-0.05, 0) is 42.3 Å². The van der Waals surface area contributed by atoms with Crippen LogP contribution in [-0.2, 0) is 14.6 Å². The van der Waals surface area contributed by atoms with Crippen molar-refractivity contribution in [3.05, 3.63) is 75.7 Å². The van der Waals surface area contributed by atoms with Crippen LogP contribution in [0.4, 0.5) is 10.1 Å². The lowest BCUT2D eigenvalue weighted by Crippen LogP contribution is -2.23. The Bertz CT molecular complexity index is 1150. The van der Waals surface area contributed by atoms with Crippen LogP contribution in [0.3, 0.4) is 0 Å². The number of aryl methyl sites for hydroxylation is 1. The van der Waals surface area contributed by atoms with Gasteiger partial charge in [0.1, 0.15) is 10.7 Å². The number of benzene rings is 2. The molecule has 0 saturated heterocycles. The third kappa shape index (κ3) is 3.17. The van der Waals surface area contributed by atoms with Gasteiger partial charge in [0.25, 0.3) is 0 Å². The van der Waals surface area contributed by atoms with Gasteiger partial charge in [-0.2, -0.15) is 0 Å². The molecule has 4 nitrogen and oxygen atoms in total. The molecule has 1 aliphatic heterocycles. The number of thiophene rings is 1. The minimum Gasteiger partial charge on any atom is -0.324 e. The SMILES string of the molecule is Cc1cccc(S(=O)(=O)c2csc3c2NC(=O)C[C@@H]3c2cccc(F)c2)c1. The molecule has 138 valence electrons. The predicted molar refractivity (Wildman–Crippen MR) is 102 cm³/mol. The maximum atomic E-state index is 13.7. The molecule has 0 saturated carbocycles. The van der Waals surface area contributed by atoms with E-state index in [4.69, 9.17) is 0 Å². The number of hydrogen-bond acceptors (Lipinski definition) is 4. The van der Waals surface area contributed by atoms with E-state index in [1.807, 2.05) is 13.0 Å². The molecule has 0 bridgehead atoms. The highest BCUT2D eigenvalue weighted by Crippen LogP contribution is 2.45. The highest BCUT2D eigenvalue weighted by atomic mass is 32.2. The number of anilines is 1. The number of nitrogens with one attached hydrogen (secondary N) is 1. The maximum Gasteiger partial charge on any atom is 0.225 e. The molecule has 27 heavy (non-hydrogen) atoms. The number of carbonyl (C=O) groups is 1. The predicted octanol–water partition coefficient (Wildman–Crippen LogP) is 4.50. The average molecular weight is 401 g/mol. The Hall–Kier alpha value is -2.51. The highest BCUT2D eigenvalue weighted by Gasteiger charge is 2.34. The minimum atomic E-state index is -3.78. The smallest absolute Gasteiger partial charge is 0.225 e. The molecule has 0 spiro atoms. The average Bonchev–Trinajstić information content (AvgIpc) is 3.05. The number of sulfone groups is 1. The Morgan fingerprint density at radius 1 is 1.15 bits per heavy atom. The molecule has 0 radical (unpaired) electrons. The quantitative estimate of drug-likeness (QED) is 0.703. The summed E-state index contributed by atoms with van der Waals surface area (Å²) >= 11 is 1.27. The van der Waals surface area contributed by atoms with Crippen molar-refractivity contribution in [3.8, 4) is 0 Å². The molecule has 3 aromatic rings. The molecule has 2 heterocycles. The number of hydrogen-bond donors (Lipinski definition) is 1. The van der Waals surface area contributed by atoms with Gasteiger partial charge in [0, 0.05) is 22.6 Å². The lowest BCUT2D eigenvalue weighted by Gasteiger charge is -2.23. The van der Waals surface area contributed by atoms with Crippen molar-refractivity contribution >= 4 is 32.8 Å². The molecular weight excluding hydrogens is 385 g/mol. The number of amides is 1. The second-order valence-corrected chi connectivity index (χ2v) is 9.35. The first-order chi connectivity index (χ1) is 12.9. The Balaban J connectivity index is 1.85.